The van der Waals surface area contributed by atoms with E-state index in [1.54, 1.807) is 48.1 Å². The van der Waals surface area contributed by atoms with E-state index in [2.05, 4.69) is 25.5 Å². The summed E-state index contributed by atoms with van der Waals surface area (Å²) in [6, 6.07) is 9.89. The second-order valence-electron chi connectivity index (χ2n) is 8.41. The number of aromatic nitrogens is 5. The highest BCUT2D eigenvalue weighted by Gasteiger charge is 2.22. The summed E-state index contributed by atoms with van der Waals surface area (Å²) >= 11 is 0. The lowest BCUT2D eigenvalue weighted by Gasteiger charge is -2.10. The summed E-state index contributed by atoms with van der Waals surface area (Å²) in [4.78, 5) is 21.4. The molecule has 1 N–H and O–H groups in total. The Hall–Kier alpha value is -3.88. The predicted molar refractivity (Wildman–Crippen MR) is 116 cm³/mol. The Kier molecular flexibility index (Phi) is 5.56. The third kappa shape index (κ3) is 4.27. The molecule has 0 aliphatic carbocycles. The van der Waals surface area contributed by atoms with Crippen LogP contribution in [0.15, 0.2) is 53.3 Å². The van der Waals surface area contributed by atoms with Gasteiger partial charge in [0.2, 0.25) is 0 Å². The first-order valence-electron chi connectivity index (χ1n) is 10.1. The molecule has 0 aliphatic heterocycles. The quantitative estimate of drug-likeness (QED) is 0.510. The van der Waals surface area contributed by atoms with Gasteiger partial charge in [0.25, 0.3) is 11.8 Å². The monoisotopic (exact) mass is 434 g/mol. The van der Waals surface area contributed by atoms with Gasteiger partial charge in [-0.2, -0.15) is 10.1 Å². The van der Waals surface area contributed by atoms with E-state index in [1.807, 2.05) is 20.8 Å². The average Bonchev–Trinajstić information content (AvgIpc) is 3.40. The zero-order valence-corrected chi connectivity index (χ0v) is 18.3. The minimum Gasteiger partial charge on any atom is -0.348 e. The summed E-state index contributed by atoms with van der Waals surface area (Å²) in [5.74, 6) is 0.842. The van der Waals surface area contributed by atoms with Crippen LogP contribution in [0, 0.1) is 12.7 Å². The van der Waals surface area contributed by atoms with Gasteiger partial charge in [0, 0.05) is 23.7 Å². The van der Waals surface area contributed by atoms with Gasteiger partial charge < -0.3 is 9.84 Å². The fraction of sp³-hybridized carbons (Fsp3) is 0.261. The molecule has 0 aliphatic rings. The molecule has 164 valence electrons. The number of pyridine rings is 1. The normalized spacial score (nSPS) is 11.5. The summed E-state index contributed by atoms with van der Waals surface area (Å²) in [5, 5.41) is 11.0. The van der Waals surface area contributed by atoms with Crippen LogP contribution in [0.2, 0.25) is 0 Å². The molecular weight excluding hydrogens is 411 g/mol. The number of nitrogens with one attached hydrogen (secondary N) is 1. The Morgan fingerprint density at radius 2 is 1.94 bits per heavy atom. The molecule has 0 saturated heterocycles. The summed E-state index contributed by atoms with van der Waals surface area (Å²) in [7, 11) is 0. The van der Waals surface area contributed by atoms with E-state index >= 15 is 0 Å². The molecule has 9 heteroatoms. The first-order chi connectivity index (χ1) is 15.2. The second kappa shape index (κ2) is 8.33. The minimum atomic E-state index is -0.361. The maximum Gasteiger partial charge on any atom is 0.259 e. The molecule has 1 aromatic carbocycles. The molecule has 0 bridgehead atoms. The predicted octanol–water partition coefficient (Wildman–Crippen LogP) is 3.99. The van der Waals surface area contributed by atoms with E-state index in [0.29, 0.717) is 39.9 Å². The molecule has 8 nitrogen and oxygen atoms in total. The zero-order valence-electron chi connectivity index (χ0n) is 18.3. The number of amides is 1. The highest BCUT2D eigenvalue weighted by molar-refractivity contribution is 5.95. The van der Waals surface area contributed by atoms with Gasteiger partial charge >= 0.3 is 0 Å². The first kappa shape index (κ1) is 21.4. The van der Waals surface area contributed by atoms with E-state index in [-0.39, 0.29) is 23.7 Å². The van der Waals surface area contributed by atoms with Crippen molar-refractivity contribution in [3.8, 4) is 17.3 Å². The number of nitrogens with zero attached hydrogens (tertiary/aromatic N) is 5. The Bertz CT molecular complexity index is 1250. The van der Waals surface area contributed by atoms with E-state index in [4.69, 9.17) is 4.52 Å². The second-order valence-corrected chi connectivity index (χ2v) is 8.41. The molecule has 3 aromatic heterocycles. The fourth-order valence-electron chi connectivity index (χ4n) is 3.06. The SMILES string of the molecule is Cc1c(C(=O)NCc2ccccc2F)cnn1-c1ccc(-c2nc(C(C)(C)C)no2)cn1. The molecule has 0 saturated carbocycles. The van der Waals surface area contributed by atoms with Crippen molar-refractivity contribution >= 4 is 5.91 Å². The van der Waals surface area contributed by atoms with Crippen molar-refractivity contribution in [1.29, 1.82) is 0 Å². The van der Waals surface area contributed by atoms with E-state index in [9.17, 15) is 9.18 Å². The number of carbonyl (C=O) groups is 1. The van der Waals surface area contributed by atoms with E-state index in [0.717, 1.165) is 0 Å². The van der Waals surface area contributed by atoms with Crippen LogP contribution in [0.5, 0.6) is 0 Å². The van der Waals surface area contributed by atoms with Crippen LogP contribution in [0.3, 0.4) is 0 Å². The molecule has 0 unspecified atom stereocenters. The smallest absolute Gasteiger partial charge is 0.259 e. The first-order valence-corrected chi connectivity index (χ1v) is 10.1. The van der Waals surface area contributed by atoms with Crippen LogP contribution in [0.4, 0.5) is 4.39 Å². The van der Waals surface area contributed by atoms with Crippen LogP contribution < -0.4 is 5.32 Å². The van der Waals surface area contributed by atoms with Crippen LogP contribution in [-0.2, 0) is 12.0 Å². The van der Waals surface area contributed by atoms with Crippen LogP contribution >= 0.6 is 0 Å². The summed E-state index contributed by atoms with van der Waals surface area (Å²) < 4.78 is 20.7. The van der Waals surface area contributed by atoms with Gasteiger partial charge in [-0.3, -0.25) is 4.79 Å². The number of benzene rings is 1. The van der Waals surface area contributed by atoms with Crippen LogP contribution in [-0.4, -0.2) is 30.8 Å². The number of rotatable bonds is 5. The lowest BCUT2D eigenvalue weighted by Crippen LogP contribution is -2.23. The van der Waals surface area contributed by atoms with Gasteiger partial charge in [-0.1, -0.05) is 44.1 Å². The van der Waals surface area contributed by atoms with Crippen molar-refractivity contribution in [1.82, 2.24) is 30.2 Å². The maximum atomic E-state index is 13.8. The molecule has 0 atom stereocenters. The van der Waals surface area contributed by atoms with Crippen molar-refractivity contribution < 1.29 is 13.7 Å². The molecule has 32 heavy (non-hydrogen) atoms. The summed E-state index contributed by atoms with van der Waals surface area (Å²) in [6.07, 6.45) is 3.09. The largest absolute Gasteiger partial charge is 0.348 e. The number of hydrogen-bond acceptors (Lipinski definition) is 6. The van der Waals surface area contributed by atoms with Crippen molar-refractivity contribution in [3.05, 3.63) is 77.3 Å². The number of halogens is 1. The molecule has 1 amide bonds. The van der Waals surface area contributed by atoms with E-state index < -0.39 is 0 Å². The van der Waals surface area contributed by atoms with Gasteiger partial charge in [-0.05, 0) is 25.1 Å². The molecular formula is C23H23FN6O2. The van der Waals surface area contributed by atoms with Crippen molar-refractivity contribution in [3.63, 3.8) is 0 Å². The third-order valence-corrected chi connectivity index (χ3v) is 4.96. The Balaban J connectivity index is 1.50. The fourth-order valence-corrected chi connectivity index (χ4v) is 3.06. The van der Waals surface area contributed by atoms with Crippen LogP contribution in [0.1, 0.15) is 48.2 Å². The third-order valence-electron chi connectivity index (χ3n) is 4.96. The average molecular weight is 434 g/mol. The number of carbonyl (C=O) groups excluding carboxylic acids is 1. The topological polar surface area (TPSA) is 98.7 Å². The molecule has 3 heterocycles. The highest BCUT2D eigenvalue weighted by Crippen LogP contribution is 2.24. The maximum absolute atomic E-state index is 13.8. The molecule has 0 fully saturated rings. The van der Waals surface area contributed by atoms with Crippen molar-refractivity contribution in [2.45, 2.75) is 39.7 Å². The van der Waals surface area contributed by atoms with E-state index in [1.165, 1.54) is 12.3 Å². The van der Waals surface area contributed by atoms with Gasteiger partial charge in [-0.25, -0.2) is 14.1 Å². The van der Waals surface area contributed by atoms with Crippen molar-refractivity contribution in [2.75, 3.05) is 0 Å². The Labute approximate surface area is 184 Å². The minimum absolute atomic E-state index is 0.0871. The molecule has 4 rings (SSSR count). The lowest BCUT2D eigenvalue weighted by atomic mass is 9.96. The highest BCUT2D eigenvalue weighted by atomic mass is 19.1. The molecule has 0 spiro atoms. The van der Waals surface area contributed by atoms with Crippen LogP contribution in [0.25, 0.3) is 17.3 Å². The van der Waals surface area contributed by atoms with Gasteiger partial charge in [0.15, 0.2) is 11.6 Å². The Morgan fingerprint density at radius 1 is 1.16 bits per heavy atom. The Morgan fingerprint density at radius 3 is 2.59 bits per heavy atom. The summed E-state index contributed by atoms with van der Waals surface area (Å²) in [6.45, 7) is 7.88. The molecule has 4 aromatic rings. The standard InChI is InChI=1S/C23H23FN6O2/c1-14-17(20(31)26-11-15-7-5-6-8-18(15)24)13-27-30(14)19-10-9-16(12-25-19)21-28-22(29-32-21)23(2,3)4/h5-10,12-13H,11H2,1-4H3,(H,26,31). The lowest BCUT2D eigenvalue weighted by molar-refractivity contribution is 0.0950. The zero-order chi connectivity index (χ0) is 22.9. The van der Waals surface area contributed by atoms with Gasteiger partial charge in [-0.15, -0.1) is 0 Å². The summed E-state index contributed by atoms with van der Waals surface area (Å²) in [5.41, 5.74) is 1.89. The van der Waals surface area contributed by atoms with Gasteiger partial charge in [0.05, 0.1) is 23.0 Å². The number of hydrogen-bond donors (Lipinski definition) is 1. The molecule has 0 radical (unpaired) electrons. The van der Waals surface area contributed by atoms with Crippen molar-refractivity contribution in [2.24, 2.45) is 0 Å². The van der Waals surface area contributed by atoms with Gasteiger partial charge in [0.1, 0.15) is 5.82 Å².